The molecule has 2 N–H and O–H groups in total. The summed E-state index contributed by atoms with van der Waals surface area (Å²) in [5.74, 6) is -0.168. The van der Waals surface area contributed by atoms with E-state index in [4.69, 9.17) is 23.2 Å². The van der Waals surface area contributed by atoms with Crippen molar-refractivity contribution in [1.29, 1.82) is 0 Å². The summed E-state index contributed by atoms with van der Waals surface area (Å²) in [4.78, 5) is 24.9. The highest BCUT2D eigenvalue weighted by Crippen LogP contribution is 2.24. The van der Waals surface area contributed by atoms with Gasteiger partial charge in [-0.2, -0.15) is 0 Å². The van der Waals surface area contributed by atoms with E-state index in [0.29, 0.717) is 27.8 Å². The Labute approximate surface area is 157 Å². The van der Waals surface area contributed by atoms with Gasteiger partial charge >= 0.3 is 0 Å². The molecule has 0 heterocycles. The number of halogens is 2. The summed E-state index contributed by atoms with van der Waals surface area (Å²) in [6, 6.07) is 12.1. The number of carbonyl (C=O) groups is 2. The van der Waals surface area contributed by atoms with E-state index in [1.165, 1.54) is 6.92 Å². The van der Waals surface area contributed by atoms with Crippen LogP contribution >= 0.6 is 23.2 Å². The Kier molecular flexibility index (Phi) is 6.59. The number of amides is 1. The van der Waals surface area contributed by atoms with Crippen molar-refractivity contribution in [2.45, 2.75) is 26.4 Å². The van der Waals surface area contributed by atoms with Crippen molar-refractivity contribution in [3.05, 3.63) is 63.6 Å². The number of hydrogen-bond acceptors (Lipinski definition) is 2. The first-order chi connectivity index (χ1) is 11.8. The first-order valence-electron chi connectivity index (χ1n) is 7.96. The molecule has 0 radical (unpaired) electrons. The molecule has 0 aromatic heterocycles. The van der Waals surface area contributed by atoms with Crippen LogP contribution in [0.25, 0.3) is 0 Å². The fourth-order valence-electron chi connectivity index (χ4n) is 2.43. The van der Waals surface area contributed by atoms with Crippen LogP contribution in [-0.4, -0.2) is 24.8 Å². The summed E-state index contributed by atoms with van der Waals surface area (Å²) < 4.78 is 0. The standard InChI is InChI=1S/C19H20Cl2N2O2/c1-12(23(3)11-15-7-5-9-17(20)18(15)21)19(25)22-16-8-4-6-14(10-16)13(2)24/h4-10,12H,11H2,1-3H3,(H,22,25)/p+1/t12-/m1/s1. The smallest absolute Gasteiger partial charge is 0.282 e. The van der Waals surface area contributed by atoms with Crippen molar-refractivity contribution in [3.63, 3.8) is 0 Å². The Morgan fingerprint density at radius 1 is 1.16 bits per heavy atom. The molecule has 0 saturated heterocycles. The van der Waals surface area contributed by atoms with Crippen molar-refractivity contribution in [2.24, 2.45) is 0 Å². The normalized spacial score (nSPS) is 13.2. The monoisotopic (exact) mass is 379 g/mol. The van der Waals surface area contributed by atoms with Gasteiger partial charge in [-0.05, 0) is 32.0 Å². The van der Waals surface area contributed by atoms with Gasteiger partial charge in [0.05, 0.1) is 17.1 Å². The number of quaternary nitrogens is 1. The van der Waals surface area contributed by atoms with E-state index in [-0.39, 0.29) is 17.7 Å². The van der Waals surface area contributed by atoms with Crippen molar-refractivity contribution in [2.75, 3.05) is 12.4 Å². The second kappa shape index (κ2) is 8.48. The number of carbonyl (C=O) groups excluding carboxylic acids is 2. The predicted molar refractivity (Wildman–Crippen MR) is 102 cm³/mol. The topological polar surface area (TPSA) is 50.6 Å². The molecule has 2 aromatic rings. The zero-order valence-corrected chi connectivity index (χ0v) is 15.9. The van der Waals surface area contributed by atoms with E-state index < -0.39 is 0 Å². The molecule has 0 aliphatic rings. The highest BCUT2D eigenvalue weighted by atomic mass is 35.5. The van der Waals surface area contributed by atoms with Crippen LogP contribution in [0.4, 0.5) is 5.69 Å². The van der Waals surface area contributed by atoms with E-state index in [9.17, 15) is 9.59 Å². The zero-order chi connectivity index (χ0) is 18.6. The van der Waals surface area contributed by atoms with Gasteiger partial charge in [-0.1, -0.05) is 47.5 Å². The van der Waals surface area contributed by atoms with Crippen molar-refractivity contribution >= 4 is 40.6 Å². The van der Waals surface area contributed by atoms with E-state index in [0.717, 1.165) is 10.5 Å². The third-order valence-electron chi connectivity index (χ3n) is 4.17. The number of hydrogen-bond donors (Lipinski definition) is 2. The molecule has 1 unspecified atom stereocenters. The Morgan fingerprint density at radius 3 is 2.52 bits per heavy atom. The fraction of sp³-hybridized carbons (Fsp3) is 0.263. The number of Topliss-reactive ketones (excluding diaryl/α,β-unsaturated/α-hetero) is 1. The number of nitrogens with one attached hydrogen (secondary N) is 2. The maximum atomic E-state index is 12.5. The minimum absolute atomic E-state index is 0.0394. The lowest BCUT2D eigenvalue weighted by molar-refractivity contribution is -0.907. The van der Waals surface area contributed by atoms with Crippen LogP contribution in [0, 0.1) is 0 Å². The summed E-state index contributed by atoms with van der Waals surface area (Å²) in [6.07, 6.45) is 0. The highest BCUT2D eigenvalue weighted by Gasteiger charge is 2.23. The maximum Gasteiger partial charge on any atom is 0.282 e. The summed E-state index contributed by atoms with van der Waals surface area (Å²) in [5.41, 5.74) is 2.07. The van der Waals surface area contributed by atoms with Crippen molar-refractivity contribution < 1.29 is 14.5 Å². The van der Waals surface area contributed by atoms with E-state index in [2.05, 4.69) is 5.32 Å². The van der Waals surface area contributed by atoms with Crippen LogP contribution in [0.1, 0.15) is 29.8 Å². The number of likely N-dealkylation sites (N-methyl/N-ethyl adjacent to an activating group) is 1. The minimum Gasteiger partial charge on any atom is -0.324 e. The van der Waals surface area contributed by atoms with Crippen LogP contribution < -0.4 is 10.2 Å². The molecule has 132 valence electrons. The molecular weight excluding hydrogens is 359 g/mol. The first kappa shape index (κ1) is 19.4. The van der Waals surface area contributed by atoms with Gasteiger partial charge in [0.2, 0.25) is 0 Å². The third kappa shape index (κ3) is 5.05. The van der Waals surface area contributed by atoms with Crippen LogP contribution in [-0.2, 0) is 11.3 Å². The van der Waals surface area contributed by atoms with E-state index >= 15 is 0 Å². The first-order valence-corrected chi connectivity index (χ1v) is 8.72. The second-order valence-corrected chi connectivity index (χ2v) is 6.87. The number of anilines is 1. The summed E-state index contributed by atoms with van der Waals surface area (Å²) in [6.45, 7) is 3.91. The van der Waals surface area contributed by atoms with Gasteiger partial charge < -0.3 is 10.2 Å². The molecule has 0 saturated carbocycles. The lowest BCUT2D eigenvalue weighted by Crippen LogP contribution is -3.12. The van der Waals surface area contributed by atoms with Gasteiger partial charge in [0.1, 0.15) is 6.54 Å². The Morgan fingerprint density at radius 2 is 1.84 bits per heavy atom. The molecule has 25 heavy (non-hydrogen) atoms. The Hall–Kier alpha value is -1.88. The fourth-order valence-corrected chi connectivity index (χ4v) is 2.82. The lowest BCUT2D eigenvalue weighted by atomic mass is 10.1. The Balaban J connectivity index is 2.05. The van der Waals surface area contributed by atoms with Gasteiger partial charge in [-0.15, -0.1) is 0 Å². The Bertz CT molecular complexity index is 793. The molecule has 2 atom stereocenters. The van der Waals surface area contributed by atoms with Crippen molar-refractivity contribution in [1.82, 2.24) is 0 Å². The zero-order valence-electron chi connectivity index (χ0n) is 14.4. The minimum atomic E-state index is -0.309. The van der Waals surface area contributed by atoms with Gasteiger partial charge in [0, 0.05) is 16.8 Å². The molecule has 0 fully saturated rings. The van der Waals surface area contributed by atoms with Crippen LogP contribution in [0.15, 0.2) is 42.5 Å². The highest BCUT2D eigenvalue weighted by molar-refractivity contribution is 6.42. The largest absolute Gasteiger partial charge is 0.324 e. The molecule has 0 bridgehead atoms. The molecule has 1 amide bonds. The van der Waals surface area contributed by atoms with Gasteiger partial charge in [-0.3, -0.25) is 9.59 Å². The molecular formula is C19H21Cl2N2O2+. The van der Waals surface area contributed by atoms with E-state index in [1.54, 1.807) is 30.3 Å². The molecule has 0 spiro atoms. The number of benzene rings is 2. The van der Waals surface area contributed by atoms with Crippen LogP contribution in [0.3, 0.4) is 0 Å². The number of rotatable bonds is 6. The molecule has 4 nitrogen and oxygen atoms in total. The quantitative estimate of drug-likeness (QED) is 0.756. The van der Waals surface area contributed by atoms with Gasteiger partial charge in [0.25, 0.3) is 5.91 Å². The molecule has 2 rings (SSSR count). The maximum absolute atomic E-state index is 12.5. The SMILES string of the molecule is CC(=O)c1cccc(NC(=O)[C@@H](C)[NH+](C)Cc2cccc(Cl)c2Cl)c1. The summed E-state index contributed by atoms with van der Waals surface area (Å²) in [7, 11) is 1.92. The summed E-state index contributed by atoms with van der Waals surface area (Å²) >= 11 is 12.3. The van der Waals surface area contributed by atoms with Gasteiger partial charge in [-0.25, -0.2) is 0 Å². The number of ketones is 1. The molecule has 0 aliphatic carbocycles. The lowest BCUT2D eigenvalue weighted by Gasteiger charge is -2.22. The average Bonchev–Trinajstić information content (AvgIpc) is 2.58. The third-order valence-corrected chi connectivity index (χ3v) is 5.03. The molecule has 6 heteroatoms. The van der Waals surface area contributed by atoms with Crippen LogP contribution in [0.5, 0.6) is 0 Å². The average molecular weight is 380 g/mol. The second-order valence-electron chi connectivity index (χ2n) is 6.08. The molecule has 0 aliphatic heterocycles. The van der Waals surface area contributed by atoms with E-state index in [1.807, 2.05) is 26.1 Å². The van der Waals surface area contributed by atoms with Gasteiger partial charge in [0.15, 0.2) is 11.8 Å². The van der Waals surface area contributed by atoms with Crippen LogP contribution in [0.2, 0.25) is 10.0 Å². The predicted octanol–water partition coefficient (Wildman–Crippen LogP) is 3.24. The summed E-state index contributed by atoms with van der Waals surface area (Å²) in [5, 5.41) is 3.88. The molecule has 2 aromatic carbocycles. The van der Waals surface area contributed by atoms with Crippen molar-refractivity contribution in [3.8, 4) is 0 Å².